The number of carbonyl (C=O) groups is 1. The van der Waals surface area contributed by atoms with Gasteiger partial charge in [-0.3, -0.25) is 0 Å². The van der Waals surface area contributed by atoms with Crippen molar-refractivity contribution in [2.24, 2.45) is 0 Å². The zero-order valence-electron chi connectivity index (χ0n) is 15.9. The molecule has 0 heterocycles. The van der Waals surface area contributed by atoms with Crippen LogP contribution < -0.4 is 4.90 Å². The average molecular weight is 354 g/mol. The first-order valence-electron chi connectivity index (χ1n) is 9.89. The molecule has 0 radical (unpaired) electrons. The summed E-state index contributed by atoms with van der Waals surface area (Å²) in [6.07, 6.45) is 10.1. The molecule has 26 heavy (non-hydrogen) atoms. The molecule has 0 spiro atoms. The Morgan fingerprint density at radius 1 is 0.808 bits per heavy atom. The number of hydrogen-bond donors (Lipinski definition) is 1. The highest BCUT2D eigenvalue weighted by molar-refractivity contribution is 5.95. The molecule has 0 bridgehead atoms. The van der Waals surface area contributed by atoms with Crippen molar-refractivity contribution in [2.45, 2.75) is 58.3 Å². The highest BCUT2D eigenvalue weighted by atomic mass is 16.4. The quantitative estimate of drug-likeness (QED) is 0.433. The van der Waals surface area contributed by atoms with Crippen LogP contribution in [-0.4, -0.2) is 17.6 Å². The van der Waals surface area contributed by atoms with Crippen molar-refractivity contribution in [3.63, 3.8) is 0 Å². The van der Waals surface area contributed by atoms with Gasteiger partial charge in [0.2, 0.25) is 0 Å². The van der Waals surface area contributed by atoms with E-state index in [0.29, 0.717) is 5.56 Å². The van der Waals surface area contributed by atoms with Gasteiger partial charge in [-0.1, -0.05) is 82.2 Å². The van der Waals surface area contributed by atoms with Crippen molar-refractivity contribution in [2.75, 3.05) is 11.4 Å². The van der Waals surface area contributed by atoms with E-state index >= 15 is 0 Å². The second kappa shape index (κ2) is 11.3. The third-order valence-corrected chi connectivity index (χ3v) is 4.73. The number of benzene rings is 2. The summed E-state index contributed by atoms with van der Waals surface area (Å²) < 4.78 is 0. The van der Waals surface area contributed by atoms with E-state index in [4.69, 9.17) is 0 Å². The predicted octanol–water partition coefficient (Wildman–Crippen LogP) is 6.66. The lowest BCUT2D eigenvalue weighted by atomic mass is 10.1. The molecule has 0 atom stereocenters. The van der Waals surface area contributed by atoms with Crippen LogP contribution in [0, 0.1) is 0 Å². The molecule has 0 saturated heterocycles. The fourth-order valence-corrected chi connectivity index (χ4v) is 3.29. The molecular weight excluding hydrogens is 322 g/mol. The SMILES string of the molecule is CCCCCCCCCCN(c1ccccc1)c1ccccc1C(=O)O. The molecule has 0 amide bonds. The summed E-state index contributed by atoms with van der Waals surface area (Å²) in [5.41, 5.74) is 2.18. The lowest BCUT2D eigenvalue weighted by Gasteiger charge is -2.26. The van der Waals surface area contributed by atoms with E-state index in [1.807, 2.05) is 42.5 Å². The van der Waals surface area contributed by atoms with Gasteiger partial charge in [0.05, 0.1) is 11.3 Å². The Morgan fingerprint density at radius 3 is 2.04 bits per heavy atom. The summed E-state index contributed by atoms with van der Waals surface area (Å²) in [7, 11) is 0. The first-order chi connectivity index (χ1) is 12.7. The van der Waals surface area contributed by atoms with Gasteiger partial charge in [0.15, 0.2) is 0 Å². The summed E-state index contributed by atoms with van der Waals surface area (Å²) in [5, 5.41) is 9.55. The molecule has 0 aliphatic carbocycles. The van der Waals surface area contributed by atoms with Gasteiger partial charge in [0.1, 0.15) is 0 Å². The topological polar surface area (TPSA) is 40.5 Å². The Morgan fingerprint density at radius 2 is 1.38 bits per heavy atom. The number of para-hydroxylation sites is 2. The second-order valence-electron chi connectivity index (χ2n) is 6.78. The highest BCUT2D eigenvalue weighted by Gasteiger charge is 2.16. The van der Waals surface area contributed by atoms with Crippen LogP contribution in [0.3, 0.4) is 0 Å². The van der Waals surface area contributed by atoms with Crippen LogP contribution in [0.15, 0.2) is 54.6 Å². The van der Waals surface area contributed by atoms with Gasteiger partial charge < -0.3 is 10.0 Å². The van der Waals surface area contributed by atoms with Crippen molar-refractivity contribution < 1.29 is 9.90 Å². The lowest BCUT2D eigenvalue weighted by Crippen LogP contribution is -2.21. The largest absolute Gasteiger partial charge is 0.478 e. The van der Waals surface area contributed by atoms with Crippen LogP contribution in [-0.2, 0) is 0 Å². The van der Waals surface area contributed by atoms with Crippen molar-refractivity contribution in [3.05, 3.63) is 60.2 Å². The van der Waals surface area contributed by atoms with E-state index in [0.717, 1.165) is 24.3 Å². The van der Waals surface area contributed by atoms with Gasteiger partial charge in [-0.2, -0.15) is 0 Å². The molecule has 140 valence electrons. The van der Waals surface area contributed by atoms with Crippen molar-refractivity contribution >= 4 is 17.3 Å². The Hall–Kier alpha value is -2.29. The lowest BCUT2D eigenvalue weighted by molar-refractivity contribution is 0.0697. The zero-order valence-corrected chi connectivity index (χ0v) is 15.9. The van der Waals surface area contributed by atoms with Crippen LogP contribution in [0.4, 0.5) is 11.4 Å². The molecule has 0 unspecified atom stereocenters. The van der Waals surface area contributed by atoms with Crippen LogP contribution in [0.25, 0.3) is 0 Å². The maximum atomic E-state index is 11.6. The predicted molar refractivity (Wildman–Crippen MR) is 109 cm³/mol. The fraction of sp³-hybridized carbons (Fsp3) is 0.435. The molecule has 0 aromatic heterocycles. The standard InChI is InChI=1S/C23H31NO2/c1-2-3-4-5-6-7-8-14-19-24(20-15-10-9-11-16-20)22-18-13-12-17-21(22)23(25)26/h9-13,15-18H,2-8,14,19H2,1H3,(H,25,26). The van der Waals surface area contributed by atoms with Gasteiger partial charge in [-0.25, -0.2) is 4.79 Å². The molecule has 1 N–H and O–H groups in total. The van der Waals surface area contributed by atoms with E-state index in [1.165, 1.54) is 44.9 Å². The number of unbranched alkanes of at least 4 members (excludes halogenated alkanes) is 7. The maximum absolute atomic E-state index is 11.6. The Balaban J connectivity index is 1.99. The van der Waals surface area contributed by atoms with Gasteiger partial charge >= 0.3 is 5.97 Å². The third kappa shape index (κ3) is 6.21. The Kier molecular flexibility index (Phi) is 8.74. The molecule has 0 saturated carbocycles. The average Bonchev–Trinajstić information content (AvgIpc) is 2.67. The molecule has 2 aromatic rings. The van der Waals surface area contributed by atoms with Crippen LogP contribution in [0.1, 0.15) is 68.6 Å². The van der Waals surface area contributed by atoms with E-state index in [2.05, 4.69) is 11.8 Å². The third-order valence-electron chi connectivity index (χ3n) is 4.73. The minimum Gasteiger partial charge on any atom is -0.478 e. The molecule has 0 aliphatic rings. The molecule has 0 fully saturated rings. The fourth-order valence-electron chi connectivity index (χ4n) is 3.29. The van der Waals surface area contributed by atoms with Crippen LogP contribution >= 0.6 is 0 Å². The highest BCUT2D eigenvalue weighted by Crippen LogP contribution is 2.29. The van der Waals surface area contributed by atoms with E-state index in [-0.39, 0.29) is 0 Å². The zero-order chi connectivity index (χ0) is 18.6. The van der Waals surface area contributed by atoms with Gasteiger partial charge in [-0.15, -0.1) is 0 Å². The van der Waals surface area contributed by atoms with Crippen LogP contribution in [0.2, 0.25) is 0 Å². The number of anilines is 2. The molecule has 2 rings (SSSR count). The smallest absolute Gasteiger partial charge is 0.337 e. The minimum absolute atomic E-state index is 0.357. The number of carboxylic acid groups (broad SMARTS) is 1. The van der Waals surface area contributed by atoms with E-state index in [9.17, 15) is 9.90 Å². The number of nitrogens with zero attached hydrogens (tertiary/aromatic N) is 1. The van der Waals surface area contributed by atoms with Crippen LogP contribution in [0.5, 0.6) is 0 Å². The van der Waals surface area contributed by atoms with Gasteiger partial charge in [0, 0.05) is 12.2 Å². The first-order valence-corrected chi connectivity index (χ1v) is 9.89. The monoisotopic (exact) mass is 353 g/mol. The Labute approximate surface area is 157 Å². The number of hydrogen-bond acceptors (Lipinski definition) is 2. The van der Waals surface area contributed by atoms with Crippen molar-refractivity contribution in [3.8, 4) is 0 Å². The minimum atomic E-state index is -0.877. The molecule has 3 nitrogen and oxygen atoms in total. The number of rotatable bonds is 12. The second-order valence-corrected chi connectivity index (χ2v) is 6.78. The summed E-state index contributed by atoms with van der Waals surface area (Å²) in [6.45, 7) is 3.08. The summed E-state index contributed by atoms with van der Waals surface area (Å²) in [6, 6.07) is 17.4. The summed E-state index contributed by atoms with van der Waals surface area (Å²) >= 11 is 0. The number of carboxylic acids is 1. The van der Waals surface area contributed by atoms with Crippen molar-refractivity contribution in [1.29, 1.82) is 0 Å². The molecule has 3 heteroatoms. The van der Waals surface area contributed by atoms with Gasteiger partial charge in [-0.05, 0) is 30.7 Å². The first kappa shape index (κ1) is 20.0. The maximum Gasteiger partial charge on any atom is 0.337 e. The summed E-state index contributed by atoms with van der Waals surface area (Å²) in [5.74, 6) is -0.877. The molecular formula is C23H31NO2. The molecule has 0 aliphatic heterocycles. The van der Waals surface area contributed by atoms with Gasteiger partial charge in [0.25, 0.3) is 0 Å². The summed E-state index contributed by atoms with van der Waals surface area (Å²) in [4.78, 5) is 13.8. The Bertz CT molecular complexity index is 654. The normalized spacial score (nSPS) is 10.7. The number of aromatic carboxylic acids is 1. The van der Waals surface area contributed by atoms with E-state index < -0.39 is 5.97 Å². The molecule has 2 aromatic carbocycles. The van der Waals surface area contributed by atoms with E-state index in [1.54, 1.807) is 12.1 Å². The van der Waals surface area contributed by atoms with Crippen molar-refractivity contribution in [1.82, 2.24) is 0 Å².